The average molecular weight is 288 g/mol. The van der Waals surface area contributed by atoms with Crippen molar-refractivity contribution in [2.75, 3.05) is 12.3 Å². The SMILES string of the molecule is CC(C)(C)S(=O)(=O)CCn1cc(CCCCN)nn1. The number of rotatable bonds is 7. The van der Waals surface area contributed by atoms with Gasteiger partial charge in [-0.1, -0.05) is 5.21 Å². The molecule has 110 valence electrons. The summed E-state index contributed by atoms with van der Waals surface area (Å²) in [4.78, 5) is 0. The van der Waals surface area contributed by atoms with E-state index in [1.165, 1.54) is 0 Å². The average Bonchev–Trinajstić information content (AvgIpc) is 2.73. The maximum atomic E-state index is 12.0. The van der Waals surface area contributed by atoms with Gasteiger partial charge < -0.3 is 5.73 Å². The van der Waals surface area contributed by atoms with E-state index >= 15 is 0 Å². The van der Waals surface area contributed by atoms with E-state index in [1.807, 2.05) is 6.20 Å². The monoisotopic (exact) mass is 288 g/mol. The Morgan fingerprint density at radius 2 is 2.00 bits per heavy atom. The number of nitrogens with zero attached hydrogens (tertiary/aromatic N) is 3. The zero-order valence-corrected chi connectivity index (χ0v) is 12.8. The molecule has 1 aromatic heterocycles. The minimum Gasteiger partial charge on any atom is -0.330 e. The quantitative estimate of drug-likeness (QED) is 0.748. The third-order valence-electron chi connectivity index (χ3n) is 3.00. The fraction of sp³-hybridized carbons (Fsp3) is 0.833. The normalized spacial score (nSPS) is 12.8. The Bertz CT molecular complexity index is 488. The lowest BCUT2D eigenvalue weighted by atomic mass is 10.2. The van der Waals surface area contributed by atoms with Crippen molar-refractivity contribution in [3.05, 3.63) is 11.9 Å². The van der Waals surface area contributed by atoms with Gasteiger partial charge in [0.05, 0.1) is 22.7 Å². The van der Waals surface area contributed by atoms with Gasteiger partial charge in [0, 0.05) is 6.20 Å². The summed E-state index contributed by atoms with van der Waals surface area (Å²) in [5.41, 5.74) is 6.32. The van der Waals surface area contributed by atoms with E-state index in [9.17, 15) is 8.42 Å². The predicted molar refractivity (Wildman–Crippen MR) is 75.6 cm³/mol. The topological polar surface area (TPSA) is 90.9 Å². The van der Waals surface area contributed by atoms with E-state index in [-0.39, 0.29) is 5.75 Å². The molecule has 0 aromatic carbocycles. The molecule has 0 aliphatic rings. The van der Waals surface area contributed by atoms with Crippen LogP contribution in [0.15, 0.2) is 6.20 Å². The van der Waals surface area contributed by atoms with Crippen LogP contribution in [0.25, 0.3) is 0 Å². The summed E-state index contributed by atoms with van der Waals surface area (Å²) in [5.74, 6) is 0.0854. The zero-order valence-electron chi connectivity index (χ0n) is 12.0. The summed E-state index contributed by atoms with van der Waals surface area (Å²) < 4.78 is 24.8. The van der Waals surface area contributed by atoms with E-state index in [4.69, 9.17) is 5.73 Å². The summed E-state index contributed by atoms with van der Waals surface area (Å²) >= 11 is 0. The molecule has 0 saturated heterocycles. The number of hydrogen-bond acceptors (Lipinski definition) is 5. The van der Waals surface area contributed by atoms with Gasteiger partial charge in [-0.05, 0) is 46.6 Å². The molecule has 2 N–H and O–H groups in total. The van der Waals surface area contributed by atoms with Gasteiger partial charge >= 0.3 is 0 Å². The van der Waals surface area contributed by atoms with Crippen molar-refractivity contribution in [1.29, 1.82) is 0 Å². The summed E-state index contributed by atoms with van der Waals surface area (Å²) in [6.45, 7) is 6.16. The van der Waals surface area contributed by atoms with Crippen molar-refractivity contribution >= 4 is 9.84 Å². The number of hydrogen-bond donors (Lipinski definition) is 1. The standard InChI is InChI=1S/C12H24N4O2S/c1-12(2,3)19(17,18)9-8-16-10-11(14-15-16)6-4-5-7-13/h10H,4-9,13H2,1-3H3. The van der Waals surface area contributed by atoms with Crippen LogP contribution in [0, 0.1) is 0 Å². The molecule has 0 unspecified atom stereocenters. The highest BCUT2D eigenvalue weighted by Gasteiger charge is 2.28. The van der Waals surface area contributed by atoms with Crippen LogP contribution in [0.2, 0.25) is 0 Å². The number of nitrogens with two attached hydrogens (primary N) is 1. The second kappa shape index (κ2) is 6.47. The Balaban J connectivity index is 2.51. The summed E-state index contributed by atoms with van der Waals surface area (Å²) in [5, 5.41) is 7.98. The molecule has 1 rings (SSSR count). The molecule has 0 atom stereocenters. The predicted octanol–water partition coefficient (Wildman–Crippen LogP) is 0.773. The molecule has 19 heavy (non-hydrogen) atoms. The fourth-order valence-corrected chi connectivity index (χ4v) is 2.57. The van der Waals surface area contributed by atoms with E-state index in [0.717, 1.165) is 25.0 Å². The van der Waals surface area contributed by atoms with Gasteiger partial charge in [0.25, 0.3) is 0 Å². The Morgan fingerprint density at radius 3 is 2.58 bits per heavy atom. The molecule has 0 aliphatic carbocycles. The van der Waals surface area contributed by atoms with Crippen molar-refractivity contribution in [2.24, 2.45) is 5.73 Å². The van der Waals surface area contributed by atoms with Crippen molar-refractivity contribution in [1.82, 2.24) is 15.0 Å². The number of unbranched alkanes of at least 4 members (excludes halogenated alkanes) is 1. The largest absolute Gasteiger partial charge is 0.330 e. The molecule has 0 bridgehead atoms. The Morgan fingerprint density at radius 1 is 1.32 bits per heavy atom. The van der Waals surface area contributed by atoms with E-state index in [0.29, 0.717) is 13.1 Å². The molecular formula is C12H24N4O2S. The maximum absolute atomic E-state index is 12.0. The minimum absolute atomic E-state index is 0.0854. The number of aryl methyl sites for hydroxylation is 2. The van der Waals surface area contributed by atoms with Crippen LogP contribution in [0.4, 0.5) is 0 Å². The van der Waals surface area contributed by atoms with Crippen molar-refractivity contribution in [3.8, 4) is 0 Å². The first-order chi connectivity index (χ1) is 8.76. The Labute approximate surface area is 115 Å². The molecule has 0 saturated carbocycles. The Kier molecular flexibility index (Phi) is 5.49. The highest BCUT2D eigenvalue weighted by atomic mass is 32.2. The highest BCUT2D eigenvalue weighted by Crippen LogP contribution is 2.16. The lowest BCUT2D eigenvalue weighted by Gasteiger charge is -2.18. The van der Waals surface area contributed by atoms with Crippen molar-refractivity contribution in [2.45, 2.75) is 51.3 Å². The van der Waals surface area contributed by atoms with Gasteiger partial charge in [0.2, 0.25) is 0 Å². The lowest BCUT2D eigenvalue weighted by molar-refractivity contribution is 0.545. The first kappa shape index (κ1) is 16.1. The van der Waals surface area contributed by atoms with Crippen LogP contribution in [0.3, 0.4) is 0 Å². The van der Waals surface area contributed by atoms with Crippen LogP contribution in [-0.4, -0.2) is 40.5 Å². The fourth-order valence-electron chi connectivity index (χ4n) is 1.53. The molecule has 0 radical (unpaired) electrons. The Hall–Kier alpha value is -0.950. The van der Waals surface area contributed by atoms with Gasteiger partial charge in [0.15, 0.2) is 9.84 Å². The molecule has 1 heterocycles. The van der Waals surface area contributed by atoms with Gasteiger partial charge in [-0.2, -0.15) is 0 Å². The summed E-state index contributed by atoms with van der Waals surface area (Å²) in [7, 11) is -3.11. The van der Waals surface area contributed by atoms with Crippen LogP contribution in [0.1, 0.15) is 39.3 Å². The van der Waals surface area contributed by atoms with E-state index in [1.54, 1.807) is 25.5 Å². The number of aromatic nitrogens is 3. The molecule has 0 spiro atoms. The third kappa shape index (κ3) is 4.91. The van der Waals surface area contributed by atoms with Crippen LogP contribution in [-0.2, 0) is 22.8 Å². The zero-order chi connectivity index (χ0) is 14.5. The van der Waals surface area contributed by atoms with Crippen LogP contribution >= 0.6 is 0 Å². The smallest absolute Gasteiger partial charge is 0.157 e. The van der Waals surface area contributed by atoms with E-state index in [2.05, 4.69) is 10.3 Å². The molecule has 0 fully saturated rings. The van der Waals surface area contributed by atoms with Gasteiger partial charge in [-0.15, -0.1) is 5.10 Å². The van der Waals surface area contributed by atoms with E-state index < -0.39 is 14.6 Å². The summed E-state index contributed by atoms with van der Waals surface area (Å²) in [6.07, 6.45) is 4.60. The molecular weight excluding hydrogens is 264 g/mol. The second-order valence-corrected chi connectivity index (χ2v) is 8.51. The molecule has 7 heteroatoms. The van der Waals surface area contributed by atoms with Crippen molar-refractivity contribution in [3.63, 3.8) is 0 Å². The minimum atomic E-state index is -3.11. The molecule has 6 nitrogen and oxygen atoms in total. The maximum Gasteiger partial charge on any atom is 0.157 e. The molecule has 1 aromatic rings. The van der Waals surface area contributed by atoms with Crippen LogP contribution in [0.5, 0.6) is 0 Å². The highest BCUT2D eigenvalue weighted by molar-refractivity contribution is 7.92. The van der Waals surface area contributed by atoms with Crippen LogP contribution < -0.4 is 5.73 Å². The van der Waals surface area contributed by atoms with Gasteiger partial charge in [-0.3, -0.25) is 4.68 Å². The first-order valence-electron chi connectivity index (χ1n) is 6.57. The second-order valence-electron chi connectivity index (χ2n) is 5.65. The molecule has 0 amide bonds. The summed E-state index contributed by atoms with van der Waals surface area (Å²) in [6, 6.07) is 0. The molecule has 0 aliphatic heterocycles. The van der Waals surface area contributed by atoms with Gasteiger partial charge in [0.1, 0.15) is 0 Å². The lowest BCUT2D eigenvalue weighted by Crippen LogP contribution is -2.32. The van der Waals surface area contributed by atoms with Gasteiger partial charge in [-0.25, -0.2) is 8.42 Å². The third-order valence-corrected chi connectivity index (χ3v) is 5.58. The van der Waals surface area contributed by atoms with Crippen molar-refractivity contribution < 1.29 is 8.42 Å². The number of sulfone groups is 1. The first-order valence-corrected chi connectivity index (χ1v) is 8.23.